The fourth-order valence-electron chi connectivity index (χ4n) is 2.51. The van der Waals surface area contributed by atoms with Gasteiger partial charge < -0.3 is 0 Å². The quantitative estimate of drug-likeness (QED) is 0.906. The minimum atomic E-state index is -0.373. The number of hydrogen-bond donors (Lipinski definition) is 1. The lowest BCUT2D eigenvalue weighted by molar-refractivity contribution is 0.269. The lowest BCUT2D eigenvalue weighted by Crippen LogP contribution is -2.52. The van der Waals surface area contributed by atoms with E-state index in [-0.39, 0.29) is 11.0 Å². The molecule has 1 aromatic rings. The normalized spacial score (nSPS) is 26.5. The smallest absolute Gasteiger partial charge is 0.116 e. The summed E-state index contributed by atoms with van der Waals surface area (Å²) in [6, 6.07) is 12.8. The molecule has 2 rings (SSSR count). The van der Waals surface area contributed by atoms with Crippen LogP contribution in [0.5, 0.6) is 0 Å². The first-order chi connectivity index (χ1) is 8.55. The number of thioether (sulfide) groups is 1. The van der Waals surface area contributed by atoms with Gasteiger partial charge in [-0.05, 0) is 23.2 Å². The summed E-state index contributed by atoms with van der Waals surface area (Å²) in [7, 11) is 0. The van der Waals surface area contributed by atoms with Gasteiger partial charge in [-0.15, -0.1) is 0 Å². The first-order valence-electron chi connectivity index (χ1n) is 6.33. The Kier molecular flexibility index (Phi) is 3.99. The van der Waals surface area contributed by atoms with E-state index in [1.807, 2.05) is 30.0 Å². The molecule has 0 amide bonds. The summed E-state index contributed by atoms with van der Waals surface area (Å²) < 4.78 is 0. The molecule has 0 bridgehead atoms. The summed E-state index contributed by atoms with van der Waals surface area (Å²) in [4.78, 5) is 0. The highest BCUT2D eigenvalue weighted by Crippen LogP contribution is 2.39. The lowest BCUT2D eigenvalue weighted by Gasteiger charge is -2.40. The summed E-state index contributed by atoms with van der Waals surface area (Å²) >= 11 is 1.88. The van der Waals surface area contributed by atoms with Crippen LogP contribution in [-0.2, 0) is 6.54 Å². The van der Waals surface area contributed by atoms with Crippen molar-refractivity contribution < 1.29 is 0 Å². The van der Waals surface area contributed by atoms with Crippen LogP contribution in [0, 0.1) is 16.7 Å². The number of hydrogen-bond acceptors (Lipinski definition) is 3. The van der Waals surface area contributed by atoms with E-state index in [0.29, 0.717) is 0 Å². The van der Waals surface area contributed by atoms with Gasteiger partial charge in [-0.1, -0.05) is 44.2 Å². The highest BCUT2D eigenvalue weighted by Gasteiger charge is 2.40. The largest absolute Gasteiger partial charge is 0.295 e. The molecule has 0 saturated carbocycles. The Morgan fingerprint density at radius 2 is 2.00 bits per heavy atom. The van der Waals surface area contributed by atoms with E-state index in [4.69, 9.17) is 0 Å². The molecule has 1 atom stereocenters. The molecule has 96 valence electrons. The molecule has 1 aliphatic rings. The summed E-state index contributed by atoms with van der Waals surface area (Å²) in [5.41, 5.74) is 1.10. The van der Waals surface area contributed by atoms with Crippen LogP contribution in [0.15, 0.2) is 30.3 Å². The molecule has 1 unspecified atom stereocenters. The third-order valence-corrected chi connectivity index (χ3v) is 4.99. The van der Waals surface area contributed by atoms with Crippen LogP contribution in [0.3, 0.4) is 0 Å². The molecule has 1 aromatic carbocycles. The Morgan fingerprint density at radius 3 is 2.61 bits per heavy atom. The highest BCUT2D eigenvalue weighted by molar-refractivity contribution is 7.99. The molecule has 1 N–H and O–H groups in total. The van der Waals surface area contributed by atoms with Gasteiger partial charge in [0.2, 0.25) is 0 Å². The van der Waals surface area contributed by atoms with Crippen molar-refractivity contribution in [2.75, 3.05) is 11.5 Å². The van der Waals surface area contributed by atoms with Gasteiger partial charge in [-0.25, -0.2) is 0 Å². The Morgan fingerprint density at radius 1 is 1.28 bits per heavy atom. The van der Waals surface area contributed by atoms with Crippen LogP contribution in [-0.4, -0.2) is 17.0 Å². The van der Waals surface area contributed by atoms with Gasteiger partial charge in [0.25, 0.3) is 0 Å². The fourth-order valence-corrected chi connectivity index (χ4v) is 3.89. The van der Waals surface area contributed by atoms with Crippen LogP contribution in [0.4, 0.5) is 0 Å². The first-order valence-corrected chi connectivity index (χ1v) is 7.49. The Bertz CT molecular complexity index is 436. The van der Waals surface area contributed by atoms with Gasteiger partial charge in [0.15, 0.2) is 0 Å². The first kappa shape index (κ1) is 13.5. The Balaban J connectivity index is 2.03. The zero-order valence-electron chi connectivity index (χ0n) is 11.1. The number of nitrogens with zero attached hydrogens (tertiary/aromatic N) is 1. The molecule has 18 heavy (non-hydrogen) atoms. The van der Waals surface area contributed by atoms with Crippen molar-refractivity contribution in [3.8, 4) is 6.07 Å². The zero-order valence-corrected chi connectivity index (χ0v) is 11.9. The third-order valence-electron chi connectivity index (χ3n) is 3.31. The molecule has 0 radical (unpaired) electrons. The fraction of sp³-hybridized carbons (Fsp3) is 0.533. The molecule has 1 heterocycles. The number of nitrogens with one attached hydrogen (secondary N) is 1. The monoisotopic (exact) mass is 260 g/mol. The maximum absolute atomic E-state index is 9.53. The van der Waals surface area contributed by atoms with E-state index in [0.717, 1.165) is 24.5 Å². The van der Waals surface area contributed by atoms with E-state index >= 15 is 0 Å². The second kappa shape index (κ2) is 5.34. The third kappa shape index (κ3) is 3.28. The second-order valence-corrected chi connectivity index (χ2v) is 6.85. The van der Waals surface area contributed by atoms with Crippen LogP contribution in [0.25, 0.3) is 0 Å². The summed E-state index contributed by atoms with van der Waals surface area (Å²) in [6.45, 7) is 5.26. The van der Waals surface area contributed by atoms with Crippen LogP contribution >= 0.6 is 11.8 Å². The van der Waals surface area contributed by atoms with Crippen molar-refractivity contribution in [1.82, 2.24) is 5.32 Å². The van der Waals surface area contributed by atoms with Crippen molar-refractivity contribution in [3.63, 3.8) is 0 Å². The van der Waals surface area contributed by atoms with Crippen molar-refractivity contribution in [3.05, 3.63) is 35.9 Å². The van der Waals surface area contributed by atoms with Gasteiger partial charge in [-0.2, -0.15) is 17.0 Å². The number of nitriles is 1. The minimum Gasteiger partial charge on any atom is -0.295 e. The average Bonchev–Trinajstić information content (AvgIpc) is 2.37. The molecule has 0 spiro atoms. The lowest BCUT2D eigenvalue weighted by atomic mass is 9.80. The number of benzene rings is 1. The molecule has 0 aromatic heterocycles. The van der Waals surface area contributed by atoms with Crippen LogP contribution in [0.1, 0.15) is 25.8 Å². The van der Waals surface area contributed by atoms with Gasteiger partial charge >= 0.3 is 0 Å². The molecule has 3 heteroatoms. The summed E-state index contributed by atoms with van der Waals surface area (Å²) in [6.07, 6.45) is 0.927. The van der Waals surface area contributed by atoms with E-state index in [2.05, 4.69) is 37.4 Å². The van der Waals surface area contributed by atoms with E-state index in [9.17, 15) is 5.26 Å². The van der Waals surface area contributed by atoms with Gasteiger partial charge in [0, 0.05) is 12.3 Å². The average molecular weight is 260 g/mol. The van der Waals surface area contributed by atoms with Crippen molar-refractivity contribution in [1.29, 1.82) is 5.26 Å². The van der Waals surface area contributed by atoms with Crippen LogP contribution < -0.4 is 5.32 Å². The Labute approximate surface area is 114 Å². The standard InChI is InChI=1S/C15H20N2S/c1-14(2)9-15(10-16,12-18-11-14)17-8-13-6-4-3-5-7-13/h3-7,17H,8-9,11-12H2,1-2H3. The molecule has 0 aliphatic carbocycles. The van der Waals surface area contributed by atoms with E-state index < -0.39 is 0 Å². The van der Waals surface area contributed by atoms with Gasteiger partial charge in [-0.3, -0.25) is 5.32 Å². The van der Waals surface area contributed by atoms with Gasteiger partial charge in [0.05, 0.1) is 6.07 Å². The summed E-state index contributed by atoms with van der Waals surface area (Å²) in [5, 5.41) is 13.0. The van der Waals surface area contributed by atoms with E-state index in [1.165, 1.54) is 5.56 Å². The second-order valence-electron chi connectivity index (χ2n) is 5.87. The molecule has 2 nitrogen and oxygen atoms in total. The Hall–Kier alpha value is -0.980. The zero-order chi connectivity index (χ0) is 13.1. The predicted molar refractivity (Wildman–Crippen MR) is 77.3 cm³/mol. The van der Waals surface area contributed by atoms with Crippen molar-refractivity contribution in [2.24, 2.45) is 5.41 Å². The number of rotatable bonds is 3. The minimum absolute atomic E-state index is 0.238. The molecule has 1 fully saturated rings. The molecular weight excluding hydrogens is 240 g/mol. The molecule has 1 saturated heterocycles. The van der Waals surface area contributed by atoms with Gasteiger partial charge in [0.1, 0.15) is 5.54 Å². The van der Waals surface area contributed by atoms with Crippen LogP contribution in [0.2, 0.25) is 0 Å². The maximum atomic E-state index is 9.53. The predicted octanol–water partition coefficient (Wildman–Crippen LogP) is 3.20. The van der Waals surface area contributed by atoms with E-state index in [1.54, 1.807) is 0 Å². The van der Waals surface area contributed by atoms with Crippen molar-refractivity contribution in [2.45, 2.75) is 32.4 Å². The SMILES string of the molecule is CC1(C)CSCC(C#N)(NCc2ccccc2)C1. The summed E-state index contributed by atoms with van der Waals surface area (Å²) in [5.74, 6) is 2.03. The maximum Gasteiger partial charge on any atom is 0.116 e. The van der Waals surface area contributed by atoms with Crippen molar-refractivity contribution >= 4 is 11.8 Å². The molecular formula is C15H20N2S. The molecule has 1 aliphatic heterocycles. The highest BCUT2D eigenvalue weighted by atomic mass is 32.2. The topological polar surface area (TPSA) is 35.8 Å².